The molecule has 1 aromatic carbocycles. The number of pyridine rings is 1. The number of fused-ring (bicyclic) bond motifs is 1. The summed E-state index contributed by atoms with van der Waals surface area (Å²) in [7, 11) is 2.07. The summed E-state index contributed by atoms with van der Waals surface area (Å²) in [6.07, 6.45) is 0. The first-order valence-corrected chi connectivity index (χ1v) is 8.28. The summed E-state index contributed by atoms with van der Waals surface area (Å²) in [6.45, 7) is 0.783. The monoisotopic (exact) mass is 362 g/mol. The van der Waals surface area contributed by atoms with Gasteiger partial charge in [-0.25, -0.2) is 0 Å². The van der Waals surface area contributed by atoms with Gasteiger partial charge < -0.3 is 10.0 Å². The highest BCUT2D eigenvalue weighted by Gasteiger charge is 2.10. The molecular formula is C16H15BrN2OS. The Hall–Kier alpha value is -1.43. The van der Waals surface area contributed by atoms with E-state index in [9.17, 15) is 5.11 Å². The maximum Gasteiger partial charge on any atom is 0.0854 e. The lowest BCUT2D eigenvalue weighted by atomic mass is 10.1. The molecular weight excluding hydrogens is 348 g/mol. The number of rotatable bonds is 4. The SMILES string of the molecule is CN(Cc1cc(Br)cs1)c1cc(CO)nc2ccccc12. The van der Waals surface area contributed by atoms with Crippen LogP contribution in [0.5, 0.6) is 0 Å². The van der Waals surface area contributed by atoms with E-state index in [2.05, 4.69) is 50.4 Å². The van der Waals surface area contributed by atoms with Crippen molar-refractivity contribution < 1.29 is 5.11 Å². The fourth-order valence-electron chi connectivity index (χ4n) is 2.36. The van der Waals surface area contributed by atoms with Gasteiger partial charge in [-0.05, 0) is 34.1 Å². The highest BCUT2D eigenvalue weighted by Crippen LogP contribution is 2.29. The van der Waals surface area contributed by atoms with Crippen LogP contribution in [0, 0.1) is 0 Å². The van der Waals surface area contributed by atoms with Crippen LogP contribution in [-0.2, 0) is 13.2 Å². The van der Waals surface area contributed by atoms with E-state index in [1.165, 1.54) is 4.88 Å². The maximum absolute atomic E-state index is 9.41. The zero-order valence-corrected chi connectivity index (χ0v) is 14.0. The van der Waals surface area contributed by atoms with Crippen molar-refractivity contribution in [1.82, 2.24) is 4.98 Å². The minimum Gasteiger partial charge on any atom is -0.390 e. The molecule has 3 rings (SSSR count). The van der Waals surface area contributed by atoms with Crippen molar-refractivity contribution >= 4 is 43.9 Å². The lowest BCUT2D eigenvalue weighted by Crippen LogP contribution is -2.16. The van der Waals surface area contributed by atoms with E-state index >= 15 is 0 Å². The Kier molecular flexibility index (Phi) is 4.24. The molecule has 0 saturated heterocycles. The van der Waals surface area contributed by atoms with Gasteiger partial charge in [0.15, 0.2) is 0 Å². The Bertz CT molecular complexity index is 772. The van der Waals surface area contributed by atoms with Crippen molar-refractivity contribution in [2.24, 2.45) is 0 Å². The smallest absolute Gasteiger partial charge is 0.0854 e. The molecule has 0 aliphatic rings. The van der Waals surface area contributed by atoms with Gasteiger partial charge in [0.2, 0.25) is 0 Å². The normalized spacial score (nSPS) is 11.0. The molecule has 5 heteroatoms. The molecule has 0 fully saturated rings. The molecule has 21 heavy (non-hydrogen) atoms. The van der Waals surface area contributed by atoms with Crippen LogP contribution in [0.4, 0.5) is 5.69 Å². The molecule has 2 heterocycles. The Morgan fingerprint density at radius 1 is 1.29 bits per heavy atom. The highest BCUT2D eigenvalue weighted by atomic mass is 79.9. The number of benzene rings is 1. The second-order valence-corrected chi connectivity index (χ2v) is 6.81. The van der Waals surface area contributed by atoms with Crippen LogP contribution >= 0.6 is 27.3 Å². The predicted molar refractivity (Wildman–Crippen MR) is 91.8 cm³/mol. The third kappa shape index (κ3) is 3.10. The van der Waals surface area contributed by atoms with Gasteiger partial charge in [-0.15, -0.1) is 11.3 Å². The average Bonchev–Trinajstić information content (AvgIpc) is 2.91. The maximum atomic E-state index is 9.41. The first-order chi connectivity index (χ1) is 10.2. The second-order valence-electron chi connectivity index (χ2n) is 4.90. The number of nitrogens with zero attached hydrogens (tertiary/aromatic N) is 2. The molecule has 0 radical (unpaired) electrons. The predicted octanol–water partition coefficient (Wildman–Crippen LogP) is 4.19. The molecule has 0 aliphatic heterocycles. The van der Waals surface area contributed by atoms with Gasteiger partial charge in [-0.3, -0.25) is 4.98 Å². The summed E-state index contributed by atoms with van der Waals surface area (Å²) in [4.78, 5) is 7.95. The lowest BCUT2D eigenvalue weighted by Gasteiger charge is -2.21. The van der Waals surface area contributed by atoms with Crippen LogP contribution in [0.3, 0.4) is 0 Å². The van der Waals surface area contributed by atoms with Gasteiger partial charge in [0, 0.05) is 32.9 Å². The number of thiophene rings is 1. The molecule has 3 nitrogen and oxygen atoms in total. The Morgan fingerprint density at radius 2 is 2.10 bits per heavy atom. The number of aliphatic hydroxyl groups is 1. The average molecular weight is 363 g/mol. The molecule has 0 aliphatic carbocycles. The summed E-state index contributed by atoms with van der Waals surface area (Å²) >= 11 is 5.22. The van der Waals surface area contributed by atoms with Crippen molar-refractivity contribution in [2.75, 3.05) is 11.9 Å². The van der Waals surface area contributed by atoms with Gasteiger partial charge in [0.25, 0.3) is 0 Å². The minimum atomic E-state index is -0.0454. The van der Waals surface area contributed by atoms with Crippen LogP contribution in [0.2, 0.25) is 0 Å². The third-order valence-electron chi connectivity index (χ3n) is 3.34. The zero-order chi connectivity index (χ0) is 14.8. The fraction of sp³-hybridized carbons (Fsp3) is 0.188. The first kappa shape index (κ1) is 14.5. The van der Waals surface area contributed by atoms with E-state index in [0.29, 0.717) is 5.69 Å². The van der Waals surface area contributed by atoms with Crippen LogP contribution in [0.1, 0.15) is 10.6 Å². The molecule has 0 spiro atoms. The quantitative estimate of drug-likeness (QED) is 0.755. The summed E-state index contributed by atoms with van der Waals surface area (Å²) in [5.41, 5.74) is 2.70. The van der Waals surface area contributed by atoms with Crippen LogP contribution in [0.15, 0.2) is 46.3 Å². The molecule has 0 amide bonds. The summed E-state index contributed by atoms with van der Waals surface area (Å²) in [6, 6.07) is 12.1. The van der Waals surface area contributed by atoms with E-state index in [0.717, 1.165) is 27.6 Å². The molecule has 3 aromatic rings. The number of aliphatic hydroxyl groups excluding tert-OH is 1. The third-order valence-corrected chi connectivity index (χ3v) is 5.02. The Balaban J connectivity index is 2.01. The number of anilines is 1. The van der Waals surface area contributed by atoms with Crippen LogP contribution < -0.4 is 4.90 Å². The Morgan fingerprint density at radius 3 is 2.81 bits per heavy atom. The number of hydrogen-bond donors (Lipinski definition) is 1. The fourth-order valence-corrected chi connectivity index (χ4v) is 3.87. The molecule has 0 saturated carbocycles. The van der Waals surface area contributed by atoms with Crippen LogP contribution in [-0.4, -0.2) is 17.1 Å². The number of hydrogen-bond acceptors (Lipinski definition) is 4. The first-order valence-electron chi connectivity index (χ1n) is 6.61. The molecule has 0 atom stereocenters. The van der Waals surface area contributed by atoms with E-state index in [4.69, 9.17) is 0 Å². The van der Waals surface area contributed by atoms with Crippen molar-refractivity contribution in [2.45, 2.75) is 13.2 Å². The molecule has 2 aromatic heterocycles. The van der Waals surface area contributed by atoms with Crippen molar-refractivity contribution in [3.63, 3.8) is 0 Å². The Labute approximate surface area is 136 Å². The van der Waals surface area contributed by atoms with Gasteiger partial charge >= 0.3 is 0 Å². The van der Waals surface area contributed by atoms with Crippen LogP contribution in [0.25, 0.3) is 10.9 Å². The molecule has 0 unspecified atom stereocenters. The van der Waals surface area contributed by atoms with Crippen molar-refractivity contribution in [3.05, 3.63) is 56.8 Å². The van der Waals surface area contributed by atoms with Gasteiger partial charge in [0.1, 0.15) is 0 Å². The summed E-state index contributed by atoms with van der Waals surface area (Å²) in [5.74, 6) is 0. The topological polar surface area (TPSA) is 36.4 Å². The van der Waals surface area contributed by atoms with Gasteiger partial charge in [-0.2, -0.15) is 0 Å². The standard InChI is InChI=1S/C16H15BrN2OS/c1-19(8-13-6-11(17)10-21-13)16-7-12(9-20)18-15-5-3-2-4-14(15)16/h2-7,10,20H,8-9H2,1H3. The largest absolute Gasteiger partial charge is 0.390 e. The van der Waals surface area contributed by atoms with E-state index < -0.39 is 0 Å². The minimum absolute atomic E-state index is 0.0454. The molecule has 0 bridgehead atoms. The molecule has 108 valence electrons. The van der Waals surface area contributed by atoms with E-state index in [-0.39, 0.29) is 6.61 Å². The van der Waals surface area contributed by atoms with E-state index in [1.807, 2.05) is 24.3 Å². The van der Waals surface area contributed by atoms with Crippen molar-refractivity contribution in [3.8, 4) is 0 Å². The lowest BCUT2D eigenvalue weighted by molar-refractivity contribution is 0.277. The number of halogens is 1. The molecule has 1 N–H and O–H groups in total. The van der Waals surface area contributed by atoms with Gasteiger partial charge in [0.05, 0.1) is 24.4 Å². The highest BCUT2D eigenvalue weighted by molar-refractivity contribution is 9.10. The number of para-hydroxylation sites is 1. The summed E-state index contributed by atoms with van der Waals surface area (Å²) < 4.78 is 1.12. The summed E-state index contributed by atoms with van der Waals surface area (Å²) in [5, 5.41) is 12.6. The van der Waals surface area contributed by atoms with Gasteiger partial charge in [-0.1, -0.05) is 18.2 Å². The van der Waals surface area contributed by atoms with E-state index in [1.54, 1.807) is 11.3 Å². The number of aromatic nitrogens is 1. The van der Waals surface area contributed by atoms with Crippen molar-refractivity contribution in [1.29, 1.82) is 0 Å². The zero-order valence-electron chi connectivity index (χ0n) is 11.6. The second kappa shape index (κ2) is 6.13.